The van der Waals surface area contributed by atoms with E-state index in [1.54, 1.807) is 0 Å². The Labute approximate surface area is 200 Å². The Morgan fingerprint density at radius 3 is 2.59 bits per heavy atom. The van der Waals surface area contributed by atoms with Crippen LogP contribution in [0, 0.1) is 12.8 Å². The Morgan fingerprint density at radius 2 is 1.85 bits per heavy atom. The molecule has 34 heavy (non-hydrogen) atoms. The Hall–Kier alpha value is -3.13. The minimum Gasteiger partial charge on any atom is -0.486 e. The average molecular weight is 465 g/mol. The van der Waals surface area contributed by atoms with Gasteiger partial charge in [0.25, 0.3) is 5.91 Å². The van der Waals surface area contributed by atoms with Crippen LogP contribution in [0.2, 0.25) is 0 Å². The summed E-state index contributed by atoms with van der Waals surface area (Å²) in [4.78, 5) is 34.9. The number of rotatable bonds is 6. The zero-order chi connectivity index (χ0) is 23.7. The number of piperidine rings is 1. The number of fused-ring (bicyclic) bond motifs is 1. The molecule has 3 amide bonds. The van der Waals surface area contributed by atoms with Crippen molar-refractivity contribution in [1.29, 1.82) is 0 Å². The second-order valence-corrected chi connectivity index (χ2v) is 9.49. The molecular weight excluding hydrogens is 432 g/mol. The van der Waals surface area contributed by atoms with Crippen LogP contribution < -0.4 is 14.8 Å². The molecule has 4 heterocycles. The number of para-hydroxylation sites is 2. The van der Waals surface area contributed by atoms with Gasteiger partial charge in [0.1, 0.15) is 12.1 Å². The second-order valence-electron chi connectivity index (χ2n) is 9.49. The fraction of sp³-hybridized carbons (Fsp3) is 0.500. The van der Waals surface area contributed by atoms with Crippen LogP contribution in [0.3, 0.4) is 0 Å². The third-order valence-electron chi connectivity index (χ3n) is 7.33. The van der Waals surface area contributed by atoms with E-state index < -0.39 is 5.54 Å². The zero-order valence-electron chi connectivity index (χ0n) is 19.8. The molecule has 1 N–H and O–H groups in total. The lowest BCUT2D eigenvalue weighted by Crippen LogP contribution is -2.56. The van der Waals surface area contributed by atoms with Crippen LogP contribution in [0.15, 0.2) is 42.5 Å². The highest BCUT2D eigenvalue weighted by molar-refractivity contribution is 6.07. The first-order chi connectivity index (χ1) is 16.5. The number of nitrogens with one attached hydrogen (secondary N) is 1. The Balaban J connectivity index is 1.22. The molecule has 5 rings (SSSR count). The molecule has 2 saturated heterocycles. The summed E-state index contributed by atoms with van der Waals surface area (Å²) in [7, 11) is 0. The topological polar surface area (TPSA) is 84.0 Å². The summed E-state index contributed by atoms with van der Waals surface area (Å²) in [5.41, 5.74) is 1.24. The highest BCUT2D eigenvalue weighted by atomic mass is 16.6. The van der Waals surface area contributed by atoms with Crippen molar-refractivity contribution in [2.45, 2.75) is 51.3 Å². The third-order valence-corrected chi connectivity index (χ3v) is 7.33. The molecule has 0 spiro atoms. The minimum atomic E-state index is -0.849. The second kappa shape index (κ2) is 9.25. The van der Waals surface area contributed by atoms with E-state index in [1.165, 1.54) is 4.90 Å². The fourth-order valence-corrected chi connectivity index (χ4v) is 5.47. The van der Waals surface area contributed by atoms with Crippen molar-refractivity contribution in [2.75, 3.05) is 26.2 Å². The molecule has 0 radical (unpaired) electrons. The zero-order valence-corrected chi connectivity index (χ0v) is 19.8. The van der Waals surface area contributed by atoms with Crippen molar-refractivity contribution in [3.8, 4) is 11.5 Å². The molecule has 1 aromatic carbocycles. The molecular formula is C26H32N4O4. The molecule has 3 aliphatic rings. The van der Waals surface area contributed by atoms with E-state index >= 15 is 0 Å². The number of likely N-dealkylation sites (tertiary alicyclic amines) is 1. The van der Waals surface area contributed by atoms with E-state index in [4.69, 9.17) is 9.47 Å². The number of hydrogen-bond donors (Lipinski definition) is 1. The van der Waals surface area contributed by atoms with Gasteiger partial charge in [-0.3, -0.25) is 19.6 Å². The predicted octanol–water partition coefficient (Wildman–Crippen LogP) is 3.14. The van der Waals surface area contributed by atoms with E-state index in [0.717, 1.165) is 43.9 Å². The molecule has 1 aromatic heterocycles. The number of aryl methyl sites for hydroxylation is 1. The lowest BCUT2D eigenvalue weighted by molar-refractivity contribution is -0.135. The van der Waals surface area contributed by atoms with Crippen LogP contribution in [0.1, 0.15) is 37.6 Å². The van der Waals surface area contributed by atoms with Crippen LogP contribution in [-0.2, 0) is 11.3 Å². The maximum Gasteiger partial charge on any atom is 0.325 e. The van der Waals surface area contributed by atoms with Crippen molar-refractivity contribution in [3.63, 3.8) is 0 Å². The van der Waals surface area contributed by atoms with E-state index in [-0.39, 0.29) is 30.5 Å². The highest BCUT2D eigenvalue weighted by Crippen LogP contribution is 2.37. The highest BCUT2D eigenvalue weighted by Gasteiger charge is 2.55. The van der Waals surface area contributed by atoms with Crippen LogP contribution in [-0.4, -0.2) is 64.6 Å². The number of benzene rings is 1. The number of carbonyl (C=O) groups excluding carboxylic acids is 2. The summed E-state index contributed by atoms with van der Waals surface area (Å²) in [5.74, 6) is 1.29. The maximum atomic E-state index is 13.6. The van der Waals surface area contributed by atoms with Gasteiger partial charge in [0.05, 0.1) is 12.2 Å². The molecule has 2 aromatic rings. The summed E-state index contributed by atoms with van der Waals surface area (Å²) in [5, 5.41) is 3.08. The monoisotopic (exact) mass is 464 g/mol. The summed E-state index contributed by atoms with van der Waals surface area (Å²) < 4.78 is 11.8. The van der Waals surface area contributed by atoms with Crippen LogP contribution in [0.5, 0.6) is 11.5 Å². The van der Waals surface area contributed by atoms with Crippen molar-refractivity contribution >= 4 is 11.9 Å². The number of nitrogens with zero attached hydrogens (tertiary/aromatic N) is 3. The van der Waals surface area contributed by atoms with Gasteiger partial charge in [-0.1, -0.05) is 25.1 Å². The Bertz CT molecular complexity index is 1070. The number of amides is 3. The van der Waals surface area contributed by atoms with E-state index in [0.29, 0.717) is 24.5 Å². The number of aromatic nitrogens is 1. The van der Waals surface area contributed by atoms with E-state index in [1.807, 2.05) is 50.2 Å². The maximum absolute atomic E-state index is 13.6. The first-order valence-corrected chi connectivity index (χ1v) is 12.2. The number of carbonyl (C=O) groups is 2. The third kappa shape index (κ3) is 4.22. The van der Waals surface area contributed by atoms with Crippen LogP contribution in [0.4, 0.5) is 4.79 Å². The van der Waals surface area contributed by atoms with Gasteiger partial charge >= 0.3 is 6.03 Å². The van der Waals surface area contributed by atoms with Gasteiger partial charge in [-0.2, -0.15) is 0 Å². The van der Waals surface area contributed by atoms with Crippen molar-refractivity contribution in [2.24, 2.45) is 5.92 Å². The largest absolute Gasteiger partial charge is 0.486 e. The summed E-state index contributed by atoms with van der Waals surface area (Å²) in [6, 6.07) is 13.2. The molecule has 2 atom stereocenters. The van der Waals surface area contributed by atoms with Gasteiger partial charge in [0.15, 0.2) is 17.6 Å². The van der Waals surface area contributed by atoms with Gasteiger partial charge < -0.3 is 14.8 Å². The smallest absolute Gasteiger partial charge is 0.325 e. The van der Waals surface area contributed by atoms with Gasteiger partial charge in [0, 0.05) is 12.2 Å². The molecule has 0 bridgehead atoms. The number of pyridine rings is 1. The Kier molecular flexibility index (Phi) is 6.16. The standard InChI is InChI=1S/C26H32N4O4/c1-3-26(19-11-13-29(14-12-19)15-20-8-6-7-18(2)27-20)24(31)30(25(32)28-26)16-21-17-33-22-9-4-5-10-23(22)34-21/h4-10,19,21H,3,11-17H2,1-2H3,(H,28,32)/t21-,26+/m0/s1. The lowest BCUT2D eigenvalue weighted by Gasteiger charge is -2.40. The van der Waals surface area contributed by atoms with Gasteiger partial charge in [0.2, 0.25) is 0 Å². The fourth-order valence-electron chi connectivity index (χ4n) is 5.47. The number of imide groups is 1. The lowest BCUT2D eigenvalue weighted by atomic mass is 9.75. The van der Waals surface area contributed by atoms with Crippen LogP contribution in [0.25, 0.3) is 0 Å². The van der Waals surface area contributed by atoms with Crippen molar-refractivity contribution in [1.82, 2.24) is 20.1 Å². The van der Waals surface area contributed by atoms with E-state index in [2.05, 4.69) is 21.3 Å². The molecule has 0 unspecified atom stereocenters. The molecule has 0 aliphatic carbocycles. The normalized spacial score (nSPS) is 25.5. The first-order valence-electron chi connectivity index (χ1n) is 12.2. The molecule has 8 nitrogen and oxygen atoms in total. The predicted molar refractivity (Wildman–Crippen MR) is 127 cm³/mol. The first kappa shape index (κ1) is 22.7. The summed E-state index contributed by atoms with van der Waals surface area (Å²) in [6.45, 7) is 7.03. The summed E-state index contributed by atoms with van der Waals surface area (Å²) >= 11 is 0. The molecule has 3 aliphatic heterocycles. The number of hydrogen-bond acceptors (Lipinski definition) is 6. The van der Waals surface area contributed by atoms with Gasteiger partial charge in [-0.15, -0.1) is 0 Å². The summed E-state index contributed by atoms with van der Waals surface area (Å²) in [6.07, 6.45) is 1.90. The number of ether oxygens (including phenoxy) is 2. The molecule has 0 saturated carbocycles. The van der Waals surface area contributed by atoms with Crippen molar-refractivity contribution in [3.05, 3.63) is 53.9 Å². The average Bonchev–Trinajstić information content (AvgIpc) is 3.09. The minimum absolute atomic E-state index is 0.102. The number of urea groups is 1. The van der Waals surface area contributed by atoms with E-state index in [9.17, 15) is 9.59 Å². The van der Waals surface area contributed by atoms with Crippen molar-refractivity contribution < 1.29 is 19.1 Å². The molecule has 2 fully saturated rings. The van der Waals surface area contributed by atoms with Gasteiger partial charge in [-0.25, -0.2) is 4.79 Å². The van der Waals surface area contributed by atoms with Crippen LogP contribution >= 0.6 is 0 Å². The SMILES string of the molecule is CC[C@]1(C2CCN(Cc3cccc(C)n3)CC2)NC(=O)N(C[C@H]2COc3ccccc3O2)C1=O. The van der Waals surface area contributed by atoms with Gasteiger partial charge in [-0.05, 0) is 69.5 Å². The quantitative estimate of drug-likeness (QED) is 0.662. The molecule has 180 valence electrons. The molecule has 8 heteroatoms. The Morgan fingerprint density at radius 1 is 1.09 bits per heavy atom.